The van der Waals surface area contributed by atoms with Crippen molar-refractivity contribution in [3.05, 3.63) is 84.1 Å². The highest BCUT2D eigenvalue weighted by molar-refractivity contribution is 7.99. The highest BCUT2D eigenvalue weighted by Crippen LogP contribution is 2.28. The number of nitrogens with zero attached hydrogens (tertiary/aromatic N) is 1. The lowest BCUT2D eigenvalue weighted by molar-refractivity contribution is 0.0947. The van der Waals surface area contributed by atoms with Crippen LogP contribution in [0.5, 0.6) is 5.75 Å². The van der Waals surface area contributed by atoms with Gasteiger partial charge in [0.2, 0.25) is 0 Å². The smallest absolute Gasteiger partial charge is 0.254 e. The predicted octanol–water partition coefficient (Wildman–Crippen LogP) is 4.17. The van der Waals surface area contributed by atoms with Gasteiger partial charge >= 0.3 is 0 Å². The Labute approximate surface area is 151 Å². The van der Waals surface area contributed by atoms with Gasteiger partial charge in [-0.2, -0.15) is 0 Å². The number of pyridine rings is 1. The number of rotatable bonds is 6. The van der Waals surface area contributed by atoms with Gasteiger partial charge in [-0.1, -0.05) is 42.1 Å². The number of carbonyl (C=O) groups is 1. The monoisotopic (exact) mass is 350 g/mol. The Hall–Kier alpha value is -2.79. The molecule has 1 amide bonds. The summed E-state index contributed by atoms with van der Waals surface area (Å²) >= 11 is 1.48. The minimum Gasteiger partial charge on any atom is -0.497 e. The summed E-state index contributed by atoms with van der Waals surface area (Å²) in [5.74, 6) is 0.659. The average Bonchev–Trinajstić information content (AvgIpc) is 2.68. The summed E-state index contributed by atoms with van der Waals surface area (Å²) in [6, 6.07) is 21.1. The van der Waals surface area contributed by atoms with E-state index in [0.29, 0.717) is 17.1 Å². The number of ether oxygens (including phenoxy) is 1. The second-order valence-electron chi connectivity index (χ2n) is 5.30. The standard InChI is InChI=1S/C20H18N2O2S/c1-24-16-11-9-15(10-12-16)14-22-19(23)18-8-5-13-21-20(18)25-17-6-3-2-4-7-17/h2-13H,14H2,1H3,(H,22,23). The van der Waals surface area contributed by atoms with Crippen molar-refractivity contribution in [3.63, 3.8) is 0 Å². The molecule has 0 atom stereocenters. The quantitative estimate of drug-likeness (QED) is 0.725. The number of hydrogen-bond acceptors (Lipinski definition) is 4. The van der Waals surface area contributed by atoms with Crippen LogP contribution in [0.1, 0.15) is 15.9 Å². The molecular formula is C20H18N2O2S. The van der Waals surface area contributed by atoms with E-state index in [1.54, 1.807) is 25.4 Å². The van der Waals surface area contributed by atoms with Crippen molar-refractivity contribution in [2.45, 2.75) is 16.5 Å². The molecule has 0 unspecified atom stereocenters. The first kappa shape index (κ1) is 17.0. The van der Waals surface area contributed by atoms with Crippen molar-refractivity contribution in [1.29, 1.82) is 0 Å². The van der Waals surface area contributed by atoms with Gasteiger partial charge in [-0.15, -0.1) is 0 Å². The Bertz CT molecular complexity index is 836. The molecule has 0 fully saturated rings. The van der Waals surface area contributed by atoms with E-state index in [-0.39, 0.29) is 5.91 Å². The fourth-order valence-corrected chi connectivity index (χ4v) is 3.17. The largest absolute Gasteiger partial charge is 0.497 e. The van der Waals surface area contributed by atoms with Gasteiger partial charge in [0, 0.05) is 17.6 Å². The maximum atomic E-state index is 12.6. The lowest BCUT2D eigenvalue weighted by Crippen LogP contribution is -2.23. The number of carbonyl (C=O) groups excluding carboxylic acids is 1. The third-order valence-corrected chi connectivity index (χ3v) is 4.61. The summed E-state index contributed by atoms with van der Waals surface area (Å²) in [5.41, 5.74) is 1.58. The van der Waals surface area contributed by atoms with E-state index in [1.807, 2.05) is 54.6 Å². The van der Waals surface area contributed by atoms with Crippen LogP contribution in [0.15, 0.2) is 82.8 Å². The SMILES string of the molecule is COc1ccc(CNC(=O)c2cccnc2Sc2ccccc2)cc1. The fraction of sp³-hybridized carbons (Fsp3) is 0.100. The second kappa shape index (κ2) is 8.35. The molecule has 0 saturated carbocycles. The van der Waals surface area contributed by atoms with E-state index in [2.05, 4.69) is 10.3 Å². The van der Waals surface area contributed by atoms with Crippen LogP contribution < -0.4 is 10.1 Å². The van der Waals surface area contributed by atoms with E-state index >= 15 is 0 Å². The number of methoxy groups -OCH3 is 1. The fourth-order valence-electron chi connectivity index (χ4n) is 2.27. The van der Waals surface area contributed by atoms with Crippen LogP contribution in [0.3, 0.4) is 0 Å². The number of amides is 1. The van der Waals surface area contributed by atoms with E-state index < -0.39 is 0 Å². The molecule has 5 heteroatoms. The van der Waals surface area contributed by atoms with E-state index in [0.717, 1.165) is 16.2 Å². The van der Waals surface area contributed by atoms with Crippen molar-refractivity contribution >= 4 is 17.7 Å². The van der Waals surface area contributed by atoms with Crippen LogP contribution in [0.25, 0.3) is 0 Å². The molecule has 0 aliphatic carbocycles. The number of aromatic nitrogens is 1. The molecule has 25 heavy (non-hydrogen) atoms. The zero-order valence-electron chi connectivity index (χ0n) is 13.8. The van der Waals surface area contributed by atoms with Crippen LogP contribution in [-0.4, -0.2) is 18.0 Å². The molecule has 1 aromatic heterocycles. The Morgan fingerprint density at radius 3 is 2.52 bits per heavy atom. The molecule has 0 spiro atoms. The van der Waals surface area contributed by atoms with Crippen LogP contribution in [-0.2, 0) is 6.54 Å². The second-order valence-corrected chi connectivity index (χ2v) is 6.36. The molecule has 126 valence electrons. The zero-order chi connectivity index (χ0) is 17.5. The van der Waals surface area contributed by atoms with Crippen molar-refractivity contribution in [2.75, 3.05) is 7.11 Å². The van der Waals surface area contributed by atoms with Gasteiger partial charge < -0.3 is 10.1 Å². The van der Waals surface area contributed by atoms with E-state index in [1.165, 1.54) is 11.8 Å². The van der Waals surface area contributed by atoms with Crippen LogP contribution in [0, 0.1) is 0 Å². The van der Waals surface area contributed by atoms with Gasteiger partial charge in [-0.3, -0.25) is 4.79 Å². The summed E-state index contributed by atoms with van der Waals surface area (Å²) in [6.45, 7) is 0.452. The van der Waals surface area contributed by atoms with Crippen LogP contribution >= 0.6 is 11.8 Å². The molecule has 0 radical (unpaired) electrons. The molecule has 3 rings (SSSR count). The molecule has 0 bridgehead atoms. The molecule has 2 aromatic carbocycles. The summed E-state index contributed by atoms with van der Waals surface area (Å²) < 4.78 is 5.14. The van der Waals surface area contributed by atoms with Gasteiger partial charge in [-0.05, 0) is 42.0 Å². The molecule has 0 saturated heterocycles. The summed E-state index contributed by atoms with van der Waals surface area (Å²) in [6.07, 6.45) is 1.70. The highest BCUT2D eigenvalue weighted by Gasteiger charge is 2.13. The summed E-state index contributed by atoms with van der Waals surface area (Å²) in [5, 5.41) is 3.64. The molecule has 1 heterocycles. The van der Waals surface area contributed by atoms with Gasteiger partial charge in [0.1, 0.15) is 10.8 Å². The van der Waals surface area contributed by atoms with Gasteiger partial charge in [-0.25, -0.2) is 4.98 Å². The van der Waals surface area contributed by atoms with Crippen molar-refractivity contribution in [1.82, 2.24) is 10.3 Å². The number of nitrogens with one attached hydrogen (secondary N) is 1. The van der Waals surface area contributed by atoms with Gasteiger partial charge in [0.05, 0.1) is 12.7 Å². The lowest BCUT2D eigenvalue weighted by Gasteiger charge is -2.09. The normalized spacial score (nSPS) is 10.3. The number of benzene rings is 2. The molecule has 0 aliphatic rings. The Kier molecular flexibility index (Phi) is 5.69. The first-order chi connectivity index (χ1) is 12.3. The third kappa shape index (κ3) is 4.61. The predicted molar refractivity (Wildman–Crippen MR) is 99.0 cm³/mol. The zero-order valence-corrected chi connectivity index (χ0v) is 14.6. The Morgan fingerprint density at radius 1 is 1.04 bits per heavy atom. The molecule has 1 N–H and O–H groups in total. The first-order valence-corrected chi connectivity index (χ1v) is 8.67. The first-order valence-electron chi connectivity index (χ1n) is 7.85. The lowest BCUT2D eigenvalue weighted by atomic mass is 10.2. The minimum atomic E-state index is -0.137. The molecular weight excluding hydrogens is 332 g/mol. The highest BCUT2D eigenvalue weighted by atomic mass is 32.2. The number of hydrogen-bond donors (Lipinski definition) is 1. The maximum absolute atomic E-state index is 12.6. The summed E-state index contributed by atoms with van der Waals surface area (Å²) in [7, 11) is 1.63. The van der Waals surface area contributed by atoms with Crippen LogP contribution in [0.4, 0.5) is 0 Å². The van der Waals surface area contributed by atoms with Gasteiger partial charge in [0.25, 0.3) is 5.91 Å². The molecule has 0 aliphatic heterocycles. The van der Waals surface area contributed by atoms with Crippen molar-refractivity contribution < 1.29 is 9.53 Å². The average molecular weight is 350 g/mol. The minimum absolute atomic E-state index is 0.137. The topological polar surface area (TPSA) is 51.2 Å². The third-order valence-electron chi connectivity index (χ3n) is 3.59. The molecule has 3 aromatic rings. The van der Waals surface area contributed by atoms with Gasteiger partial charge in [0.15, 0.2) is 0 Å². The summed E-state index contributed by atoms with van der Waals surface area (Å²) in [4.78, 5) is 18.0. The Morgan fingerprint density at radius 2 is 1.80 bits per heavy atom. The van der Waals surface area contributed by atoms with Crippen molar-refractivity contribution in [2.24, 2.45) is 0 Å². The van der Waals surface area contributed by atoms with Crippen LogP contribution in [0.2, 0.25) is 0 Å². The molecule has 4 nitrogen and oxygen atoms in total. The maximum Gasteiger partial charge on any atom is 0.254 e. The van der Waals surface area contributed by atoms with Crippen molar-refractivity contribution in [3.8, 4) is 5.75 Å². The van der Waals surface area contributed by atoms with E-state index in [4.69, 9.17) is 4.74 Å². The Balaban J connectivity index is 1.69. The van der Waals surface area contributed by atoms with E-state index in [9.17, 15) is 4.79 Å².